The summed E-state index contributed by atoms with van der Waals surface area (Å²) in [5.41, 5.74) is 0.844. The lowest BCUT2D eigenvalue weighted by Gasteiger charge is -2.20. The maximum absolute atomic E-state index is 11.9. The van der Waals surface area contributed by atoms with Gasteiger partial charge in [-0.05, 0) is 12.6 Å². The van der Waals surface area contributed by atoms with Gasteiger partial charge in [0.25, 0.3) is 0 Å². The Balaban J connectivity index is 2.40. The SMILES string of the molecule is CNCCOCCN(CC(=O)O)C(=O)OCc1ccccc1. The van der Waals surface area contributed by atoms with Crippen LogP contribution in [0.1, 0.15) is 5.56 Å². The molecule has 0 aromatic heterocycles. The largest absolute Gasteiger partial charge is 0.480 e. The number of rotatable bonds is 10. The second-order valence-corrected chi connectivity index (χ2v) is 4.57. The average Bonchev–Trinajstić information content (AvgIpc) is 2.52. The van der Waals surface area contributed by atoms with Crippen molar-refractivity contribution in [3.05, 3.63) is 35.9 Å². The van der Waals surface area contributed by atoms with Crippen molar-refractivity contribution < 1.29 is 24.2 Å². The zero-order valence-electron chi connectivity index (χ0n) is 12.7. The molecule has 0 atom stereocenters. The Morgan fingerprint density at radius 2 is 1.95 bits per heavy atom. The maximum Gasteiger partial charge on any atom is 0.410 e. The summed E-state index contributed by atoms with van der Waals surface area (Å²) in [7, 11) is 1.81. The Morgan fingerprint density at radius 1 is 1.23 bits per heavy atom. The van der Waals surface area contributed by atoms with Gasteiger partial charge in [0.15, 0.2) is 0 Å². The standard InChI is InChI=1S/C15H22N2O5/c1-16-7-9-21-10-8-17(11-14(18)19)15(20)22-12-13-5-3-2-4-6-13/h2-6,16H,7-12H2,1H3,(H,18,19). The first-order valence-electron chi connectivity index (χ1n) is 7.03. The minimum atomic E-state index is -1.09. The number of hydrogen-bond donors (Lipinski definition) is 2. The van der Waals surface area contributed by atoms with Crippen molar-refractivity contribution in [2.75, 3.05) is 39.9 Å². The summed E-state index contributed by atoms with van der Waals surface area (Å²) in [4.78, 5) is 23.9. The van der Waals surface area contributed by atoms with Crippen LogP contribution in [0, 0.1) is 0 Å². The van der Waals surface area contributed by atoms with Crippen LogP contribution in [-0.2, 0) is 20.9 Å². The second kappa shape index (κ2) is 10.6. The quantitative estimate of drug-likeness (QED) is 0.626. The van der Waals surface area contributed by atoms with Crippen molar-refractivity contribution in [2.45, 2.75) is 6.61 Å². The molecule has 0 aliphatic heterocycles. The number of likely N-dealkylation sites (N-methyl/N-ethyl adjacent to an activating group) is 1. The van der Waals surface area contributed by atoms with Crippen LogP contribution < -0.4 is 5.32 Å². The van der Waals surface area contributed by atoms with Gasteiger partial charge in [0.05, 0.1) is 13.2 Å². The van der Waals surface area contributed by atoms with Crippen LogP contribution >= 0.6 is 0 Å². The first kappa shape index (κ1) is 17.9. The number of carboxylic acids is 1. The highest BCUT2D eigenvalue weighted by atomic mass is 16.6. The monoisotopic (exact) mass is 310 g/mol. The molecule has 0 spiro atoms. The molecule has 0 heterocycles. The van der Waals surface area contributed by atoms with E-state index in [2.05, 4.69) is 5.32 Å². The zero-order valence-corrected chi connectivity index (χ0v) is 12.7. The molecule has 122 valence electrons. The average molecular weight is 310 g/mol. The van der Waals surface area contributed by atoms with Crippen LogP contribution in [0.25, 0.3) is 0 Å². The van der Waals surface area contributed by atoms with Gasteiger partial charge >= 0.3 is 12.1 Å². The predicted octanol–water partition coefficient (Wildman–Crippen LogP) is 0.946. The number of amides is 1. The van der Waals surface area contributed by atoms with E-state index in [-0.39, 0.29) is 19.8 Å². The van der Waals surface area contributed by atoms with E-state index in [4.69, 9.17) is 14.6 Å². The molecule has 7 nitrogen and oxygen atoms in total. The summed E-state index contributed by atoms with van der Waals surface area (Å²) in [6, 6.07) is 9.21. The Bertz CT molecular complexity index is 453. The smallest absolute Gasteiger partial charge is 0.410 e. The molecule has 0 saturated carbocycles. The summed E-state index contributed by atoms with van der Waals surface area (Å²) < 4.78 is 10.4. The third-order valence-electron chi connectivity index (χ3n) is 2.79. The number of ether oxygens (including phenoxy) is 2. The molecule has 7 heteroatoms. The fraction of sp³-hybridized carbons (Fsp3) is 0.467. The van der Waals surface area contributed by atoms with Crippen molar-refractivity contribution in [3.8, 4) is 0 Å². The van der Waals surface area contributed by atoms with Crippen molar-refractivity contribution >= 4 is 12.1 Å². The van der Waals surface area contributed by atoms with E-state index in [1.54, 1.807) is 7.05 Å². The Kier molecular flexibility index (Phi) is 8.63. The van der Waals surface area contributed by atoms with E-state index in [0.29, 0.717) is 13.2 Å². The van der Waals surface area contributed by atoms with E-state index in [1.807, 2.05) is 30.3 Å². The van der Waals surface area contributed by atoms with Gasteiger partial charge in [-0.15, -0.1) is 0 Å². The number of aliphatic carboxylic acids is 1. The highest BCUT2D eigenvalue weighted by Crippen LogP contribution is 2.03. The molecule has 1 rings (SSSR count). The summed E-state index contributed by atoms with van der Waals surface area (Å²) in [5.74, 6) is -1.09. The lowest BCUT2D eigenvalue weighted by molar-refractivity contribution is -0.138. The highest BCUT2D eigenvalue weighted by molar-refractivity contribution is 5.76. The summed E-state index contributed by atoms with van der Waals surface area (Å²) >= 11 is 0. The molecule has 22 heavy (non-hydrogen) atoms. The van der Waals surface area contributed by atoms with Gasteiger partial charge in [-0.2, -0.15) is 0 Å². The highest BCUT2D eigenvalue weighted by Gasteiger charge is 2.18. The molecule has 0 radical (unpaired) electrons. The van der Waals surface area contributed by atoms with Crippen LogP contribution in [0.2, 0.25) is 0 Å². The summed E-state index contributed by atoms with van der Waals surface area (Å²) in [6.07, 6.45) is -0.663. The molecular formula is C15H22N2O5. The first-order valence-corrected chi connectivity index (χ1v) is 7.03. The first-order chi connectivity index (χ1) is 10.6. The fourth-order valence-corrected chi connectivity index (χ4v) is 1.66. The van der Waals surface area contributed by atoms with Crippen LogP contribution in [0.5, 0.6) is 0 Å². The van der Waals surface area contributed by atoms with Crippen molar-refractivity contribution in [1.82, 2.24) is 10.2 Å². The number of nitrogens with one attached hydrogen (secondary N) is 1. The number of nitrogens with zero attached hydrogens (tertiary/aromatic N) is 1. The Morgan fingerprint density at radius 3 is 2.59 bits per heavy atom. The summed E-state index contributed by atoms with van der Waals surface area (Å²) in [6.45, 7) is 1.31. The Hall–Kier alpha value is -2.12. The predicted molar refractivity (Wildman–Crippen MR) is 80.6 cm³/mol. The van der Waals surface area contributed by atoms with Crippen molar-refractivity contribution in [3.63, 3.8) is 0 Å². The number of hydrogen-bond acceptors (Lipinski definition) is 5. The van der Waals surface area contributed by atoms with Crippen LogP contribution in [0.3, 0.4) is 0 Å². The van der Waals surface area contributed by atoms with E-state index < -0.39 is 18.6 Å². The van der Waals surface area contributed by atoms with Gasteiger partial charge in [0.2, 0.25) is 0 Å². The lowest BCUT2D eigenvalue weighted by atomic mass is 10.2. The van der Waals surface area contributed by atoms with E-state index in [1.165, 1.54) is 0 Å². The molecule has 2 N–H and O–H groups in total. The lowest BCUT2D eigenvalue weighted by Crippen LogP contribution is -2.38. The molecule has 1 aromatic rings. The number of benzene rings is 1. The maximum atomic E-state index is 11.9. The van der Waals surface area contributed by atoms with Crippen molar-refractivity contribution in [2.24, 2.45) is 0 Å². The molecule has 1 amide bonds. The Labute approximate surface area is 129 Å². The molecular weight excluding hydrogens is 288 g/mol. The van der Waals surface area contributed by atoms with Gasteiger partial charge in [0.1, 0.15) is 13.2 Å². The van der Waals surface area contributed by atoms with Crippen LogP contribution in [0.4, 0.5) is 4.79 Å². The van der Waals surface area contributed by atoms with Gasteiger partial charge < -0.3 is 19.9 Å². The minimum absolute atomic E-state index is 0.108. The third kappa shape index (κ3) is 7.61. The van der Waals surface area contributed by atoms with Gasteiger partial charge in [-0.1, -0.05) is 30.3 Å². The molecule has 0 aliphatic rings. The van der Waals surface area contributed by atoms with E-state index >= 15 is 0 Å². The van der Waals surface area contributed by atoms with Crippen LogP contribution in [0.15, 0.2) is 30.3 Å². The van der Waals surface area contributed by atoms with E-state index in [0.717, 1.165) is 10.5 Å². The molecule has 0 bridgehead atoms. The van der Waals surface area contributed by atoms with Gasteiger partial charge in [-0.25, -0.2) is 4.79 Å². The fourth-order valence-electron chi connectivity index (χ4n) is 1.66. The molecule has 0 fully saturated rings. The number of carbonyl (C=O) groups is 2. The van der Waals surface area contributed by atoms with Gasteiger partial charge in [-0.3, -0.25) is 9.69 Å². The minimum Gasteiger partial charge on any atom is -0.480 e. The molecule has 0 unspecified atom stereocenters. The van der Waals surface area contributed by atoms with Gasteiger partial charge in [0, 0.05) is 13.1 Å². The topological polar surface area (TPSA) is 88.1 Å². The van der Waals surface area contributed by atoms with Crippen molar-refractivity contribution in [1.29, 1.82) is 0 Å². The number of carboxylic acid groups (broad SMARTS) is 1. The third-order valence-corrected chi connectivity index (χ3v) is 2.79. The molecule has 0 saturated heterocycles. The summed E-state index contributed by atoms with van der Waals surface area (Å²) in [5, 5.41) is 11.8. The molecule has 0 aliphatic carbocycles. The van der Waals surface area contributed by atoms with Crippen LogP contribution in [-0.4, -0.2) is 62.0 Å². The normalized spacial score (nSPS) is 10.2. The zero-order chi connectivity index (χ0) is 16.2. The number of carbonyl (C=O) groups excluding carboxylic acids is 1. The second-order valence-electron chi connectivity index (χ2n) is 4.57. The molecule has 1 aromatic carbocycles. The van der Waals surface area contributed by atoms with E-state index in [9.17, 15) is 9.59 Å².